The lowest BCUT2D eigenvalue weighted by Gasteiger charge is -2.25. The lowest BCUT2D eigenvalue weighted by atomic mass is 10.1. The van der Waals surface area contributed by atoms with E-state index >= 15 is 0 Å². The van der Waals surface area contributed by atoms with Crippen molar-refractivity contribution in [1.29, 1.82) is 0 Å². The largest absolute Gasteiger partial charge is 0.372 e. The topological polar surface area (TPSA) is 20.3 Å². The molecule has 2 nitrogen and oxygen atoms in total. The Labute approximate surface area is 130 Å². The summed E-state index contributed by atoms with van der Waals surface area (Å²) in [7, 11) is 0. The Kier molecular flexibility index (Phi) is 9.60. The molecule has 0 radical (unpaired) electrons. The van der Waals surface area contributed by atoms with Gasteiger partial charge in [-0.2, -0.15) is 0 Å². The van der Waals surface area contributed by atoms with Crippen molar-refractivity contribution in [1.82, 2.24) is 0 Å². The highest BCUT2D eigenvalue weighted by atomic mass is 16.1. The van der Waals surface area contributed by atoms with Crippen LogP contribution >= 0.6 is 0 Å². The molecule has 0 aliphatic carbocycles. The predicted octanol–water partition coefficient (Wildman–Crippen LogP) is 5.00. The van der Waals surface area contributed by atoms with Gasteiger partial charge in [-0.05, 0) is 37.0 Å². The lowest BCUT2D eigenvalue weighted by Crippen LogP contribution is -2.25. The second-order valence-corrected chi connectivity index (χ2v) is 5.77. The third kappa shape index (κ3) is 7.31. The smallest absolute Gasteiger partial charge is 0.120 e. The molecule has 0 aromatic heterocycles. The maximum absolute atomic E-state index is 10.4. The van der Waals surface area contributed by atoms with Crippen LogP contribution < -0.4 is 4.90 Å². The average Bonchev–Trinajstić information content (AvgIpc) is 2.52. The number of aryl methyl sites for hydroxylation is 1. The maximum atomic E-state index is 10.4. The molecule has 1 rings (SSSR count). The fourth-order valence-electron chi connectivity index (χ4n) is 2.57. The zero-order valence-corrected chi connectivity index (χ0v) is 13.8. The Hall–Kier alpha value is -1.31. The standard InChI is InChI=1S/C19H31NO/c1-3-5-7-15-20(16-8-6-4-2)19-13-11-18(12-14-19)10-9-17-21/h11-14,17H,3-10,15-16H2,1-2H3. The number of carbonyl (C=O) groups is 1. The van der Waals surface area contributed by atoms with Crippen LogP contribution in [0.15, 0.2) is 24.3 Å². The fraction of sp³-hybridized carbons (Fsp3) is 0.632. The molecule has 0 fully saturated rings. The third-order valence-electron chi connectivity index (χ3n) is 3.92. The van der Waals surface area contributed by atoms with Gasteiger partial charge in [-0.1, -0.05) is 51.7 Å². The van der Waals surface area contributed by atoms with Gasteiger partial charge < -0.3 is 9.69 Å². The molecule has 0 heterocycles. The molecule has 21 heavy (non-hydrogen) atoms. The summed E-state index contributed by atoms with van der Waals surface area (Å²) in [5.74, 6) is 0. The lowest BCUT2D eigenvalue weighted by molar-refractivity contribution is -0.107. The number of hydrogen-bond donors (Lipinski definition) is 0. The molecule has 0 saturated heterocycles. The Bertz CT molecular complexity index is 362. The van der Waals surface area contributed by atoms with Gasteiger partial charge in [0, 0.05) is 25.2 Å². The molecule has 0 N–H and O–H groups in total. The molecule has 2 heteroatoms. The maximum Gasteiger partial charge on any atom is 0.120 e. The minimum atomic E-state index is 0.621. The normalized spacial score (nSPS) is 10.6. The van der Waals surface area contributed by atoms with E-state index in [1.165, 1.54) is 49.8 Å². The zero-order valence-electron chi connectivity index (χ0n) is 13.8. The van der Waals surface area contributed by atoms with Gasteiger partial charge in [-0.25, -0.2) is 0 Å². The van der Waals surface area contributed by atoms with Crippen LogP contribution in [-0.2, 0) is 11.2 Å². The van der Waals surface area contributed by atoms with E-state index in [1.807, 2.05) is 0 Å². The van der Waals surface area contributed by atoms with Crippen molar-refractivity contribution in [2.75, 3.05) is 18.0 Å². The first-order valence-electron chi connectivity index (χ1n) is 8.59. The SMILES string of the molecule is CCCCCN(CCCCC)c1ccc(CCC=O)cc1. The number of carbonyl (C=O) groups excluding carboxylic acids is 1. The number of hydrogen-bond acceptors (Lipinski definition) is 2. The number of rotatable bonds is 12. The van der Waals surface area contributed by atoms with Gasteiger partial charge in [0.2, 0.25) is 0 Å². The van der Waals surface area contributed by atoms with E-state index in [9.17, 15) is 4.79 Å². The Morgan fingerprint density at radius 2 is 1.48 bits per heavy atom. The second-order valence-electron chi connectivity index (χ2n) is 5.77. The van der Waals surface area contributed by atoms with Gasteiger partial charge in [0.05, 0.1) is 0 Å². The molecule has 0 saturated carbocycles. The van der Waals surface area contributed by atoms with Crippen molar-refractivity contribution in [3.63, 3.8) is 0 Å². The van der Waals surface area contributed by atoms with Gasteiger partial charge in [0.15, 0.2) is 0 Å². The number of anilines is 1. The summed E-state index contributed by atoms with van der Waals surface area (Å²) < 4.78 is 0. The van der Waals surface area contributed by atoms with Crippen LogP contribution in [0.3, 0.4) is 0 Å². The second kappa shape index (κ2) is 11.4. The first-order valence-corrected chi connectivity index (χ1v) is 8.59. The van der Waals surface area contributed by atoms with Crippen LogP contribution in [0, 0.1) is 0 Å². The Balaban J connectivity index is 2.59. The van der Waals surface area contributed by atoms with Crippen LogP contribution in [-0.4, -0.2) is 19.4 Å². The quantitative estimate of drug-likeness (QED) is 0.398. The van der Waals surface area contributed by atoms with Gasteiger partial charge in [0.1, 0.15) is 6.29 Å². The molecule has 0 aliphatic heterocycles. The van der Waals surface area contributed by atoms with Crippen LogP contribution in [0.5, 0.6) is 0 Å². The molecule has 0 bridgehead atoms. The number of unbranched alkanes of at least 4 members (excludes halogenated alkanes) is 4. The summed E-state index contributed by atoms with van der Waals surface area (Å²) in [5.41, 5.74) is 2.59. The number of nitrogens with zero attached hydrogens (tertiary/aromatic N) is 1. The van der Waals surface area contributed by atoms with Crippen molar-refractivity contribution in [2.45, 2.75) is 65.2 Å². The summed E-state index contributed by atoms with van der Waals surface area (Å²) in [4.78, 5) is 13.0. The van der Waals surface area contributed by atoms with Crippen LogP contribution in [0.1, 0.15) is 64.4 Å². The molecule has 0 unspecified atom stereocenters. The molecule has 0 amide bonds. The summed E-state index contributed by atoms with van der Waals surface area (Å²) >= 11 is 0. The van der Waals surface area contributed by atoms with Crippen LogP contribution in [0.25, 0.3) is 0 Å². The van der Waals surface area contributed by atoms with Gasteiger partial charge in [-0.3, -0.25) is 0 Å². The fourth-order valence-corrected chi connectivity index (χ4v) is 2.57. The summed E-state index contributed by atoms with van der Waals surface area (Å²) in [6.45, 7) is 6.82. The molecule has 0 aliphatic rings. The third-order valence-corrected chi connectivity index (χ3v) is 3.92. The van der Waals surface area contributed by atoms with Crippen molar-refractivity contribution < 1.29 is 4.79 Å². The van der Waals surface area contributed by atoms with E-state index in [2.05, 4.69) is 43.0 Å². The first-order chi connectivity index (χ1) is 10.3. The van der Waals surface area contributed by atoms with Gasteiger partial charge >= 0.3 is 0 Å². The van der Waals surface area contributed by atoms with E-state index in [4.69, 9.17) is 0 Å². The van der Waals surface area contributed by atoms with Crippen molar-refractivity contribution in [3.8, 4) is 0 Å². The molecule has 118 valence electrons. The van der Waals surface area contributed by atoms with E-state index in [0.717, 1.165) is 25.8 Å². The summed E-state index contributed by atoms with van der Waals surface area (Å²) in [5, 5.41) is 0. The first kappa shape index (κ1) is 17.7. The van der Waals surface area contributed by atoms with E-state index in [0.29, 0.717) is 6.42 Å². The zero-order chi connectivity index (χ0) is 15.3. The van der Waals surface area contributed by atoms with Crippen molar-refractivity contribution >= 4 is 12.0 Å². The molecular weight excluding hydrogens is 258 g/mol. The van der Waals surface area contributed by atoms with E-state index < -0.39 is 0 Å². The molecule has 0 spiro atoms. The highest BCUT2D eigenvalue weighted by molar-refractivity contribution is 5.51. The summed E-state index contributed by atoms with van der Waals surface area (Å²) in [6, 6.07) is 8.78. The molecule has 0 atom stereocenters. The highest BCUT2D eigenvalue weighted by Crippen LogP contribution is 2.18. The minimum Gasteiger partial charge on any atom is -0.372 e. The number of aldehydes is 1. The molecular formula is C19H31NO. The van der Waals surface area contributed by atoms with Gasteiger partial charge in [-0.15, -0.1) is 0 Å². The van der Waals surface area contributed by atoms with E-state index in [1.54, 1.807) is 0 Å². The average molecular weight is 289 g/mol. The van der Waals surface area contributed by atoms with Crippen molar-refractivity contribution in [3.05, 3.63) is 29.8 Å². The van der Waals surface area contributed by atoms with Gasteiger partial charge in [0.25, 0.3) is 0 Å². The highest BCUT2D eigenvalue weighted by Gasteiger charge is 2.06. The molecule has 1 aromatic rings. The number of benzene rings is 1. The Morgan fingerprint density at radius 1 is 0.905 bits per heavy atom. The predicted molar refractivity (Wildman–Crippen MR) is 92.1 cm³/mol. The Morgan fingerprint density at radius 3 is 1.95 bits per heavy atom. The monoisotopic (exact) mass is 289 g/mol. The van der Waals surface area contributed by atoms with E-state index in [-0.39, 0.29) is 0 Å². The van der Waals surface area contributed by atoms with Crippen LogP contribution in [0.2, 0.25) is 0 Å². The van der Waals surface area contributed by atoms with Crippen LogP contribution in [0.4, 0.5) is 5.69 Å². The summed E-state index contributed by atoms with van der Waals surface area (Å²) in [6.07, 6.45) is 10.2. The minimum absolute atomic E-state index is 0.621. The van der Waals surface area contributed by atoms with Crippen molar-refractivity contribution in [2.24, 2.45) is 0 Å². The molecule has 1 aromatic carbocycles.